The van der Waals surface area contributed by atoms with Crippen LogP contribution in [0.25, 0.3) is 10.2 Å². The fourth-order valence-corrected chi connectivity index (χ4v) is 2.95. The molecule has 0 aliphatic carbocycles. The molecule has 118 valence electrons. The Morgan fingerprint density at radius 2 is 2.14 bits per heavy atom. The first-order valence-electron chi connectivity index (χ1n) is 6.63. The maximum Gasteiger partial charge on any atom is 0.339 e. The second-order valence-corrected chi connectivity index (χ2v) is 5.50. The highest BCUT2D eigenvalue weighted by Crippen LogP contribution is 2.31. The van der Waals surface area contributed by atoms with Crippen molar-refractivity contribution < 1.29 is 14.3 Å². The molecule has 0 spiro atoms. The molecule has 2 aromatic heterocycles. The van der Waals surface area contributed by atoms with Crippen molar-refractivity contribution in [3.63, 3.8) is 0 Å². The normalized spacial score (nSPS) is 10.5. The molecule has 0 saturated carbocycles. The van der Waals surface area contributed by atoms with E-state index in [9.17, 15) is 9.59 Å². The number of halogens is 1. The van der Waals surface area contributed by atoms with Gasteiger partial charge in [0.1, 0.15) is 10.6 Å². The van der Waals surface area contributed by atoms with E-state index in [1.54, 1.807) is 12.3 Å². The largest absolute Gasteiger partial charge is 0.462 e. The maximum atomic E-state index is 12.0. The molecule has 9 heteroatoms. The predicted molar refractivity (Wildman–Crippen MR) is 85.6 cm³/mol. The number of hydrogen-bond donors (Lipinski definition) is 2. The Bertz CT molecular complexity index is 704. The van der Waals surface area contributed by atoms with Crippen LogP contribution in [0, 0.1) is 0 Å². The summed E-state index contributed by atoms with van der Waals surface area (Å²) >= 11 is 7.19. The van der Waals surface area contributed by atoms with E-state index in [2.05, 4.69) is 20.6 Å². The van der Waals surface area contributed by atoms with E-state index in [-0.39, 0.29) is 17.8 Å². The van der Waals surface area contributed by atoms with Crippen molar-refractivity contribution in [2.75, 3.05) is 25.0 Å². The van der Waals surface area contributed by atoms with Gasteiger partial charge in [-0.3, -0.25) is 4.79 Å². The number of nitrogens with zero attached hydrogens (tertiary/aromatic N) is 2. The van der Waals surface area contributed by atoms with Gasteiger partial charge in [-0.15, -0.1) is 11.3 Å². The lowest BCUT2D eigenvalue weighted by atomic mass is 10.2. The van der Waals surface area contributed by atoms with E-state index < -0.39 is 5.97 Å². The van der Waals surface area contributed by atoms with Crippen LogP contribution in [0.3, 0.4) is 0 Å². The van der Waals surface area contributed by atoms with Crippen LogP contribution in [0.5, 0.6) is 0 Å². The topological polar surface area (TPSA) is 93.2 Å². The van der Waals surface area contributed by atoms with Gasteiger partial charge in [-0.2, -0.15) is 0 Å². The van der Waals surface area contributed by atoms with Crippen LogP contribution in [0.15, 0.2) is 5.38 Å². The molecule has 0 aliphatic heterocycles. The smallest absolute Gasteiger partial charge is 0.339 e. The summed E-state index contributed by atoms with van der Waals surface area (Å²) in [7, 11) is 0. The van der Waals surface area contributed by atoms with E-state index in [0.29, 0.717) is 34.7 Å². The van der Waals surface area contributed by atoms with Crippen molar-refractivity contribution >= 4 is 50.8 Å². The summed E-state index contributed by atoms with van der Waals surface area (Å²) in [4.78, 5) is 31.7. The lowest BCUT2D eigenvalue weighted by Crippen LogP contribution is -2.26. The lowest BCUT2D eigenvalue weighted by Gasteiger charge is -2.09. The number of rotatable bonds is 6. The molecule has 0 atom stereocenters. The average molecular weight is 343 g/mol. The minimum atomic E-state index is -0.426. The monoisotopic (exact) mass is 342 g/mol. The molecule has 0 bridgehead atoms. The number of hydrogen-bond acceptors (Lipinski definition) is 7. The van der Waals surface area contributed by atoms with Crippen molar-refractivity contribution in [3.05, 3.63) is 16.2 Å². The zero-order valence-corrected chi connectivity index (χ0v) is 13.7. The zero-order chi connectivity index (χ0) is 16.1. The highest BCUT2D eigenvalue weighted by molar-refractivity contribution is 7.17. The van der Waals surface area contributed by atoms with Crippen molar-refractivity contribution in [1.29, 1.82) is 0 Å². The van der Waals surface area contributed by atoms with E-state index in [0.717, 1.165) is 0 Å². The van der Waals surface area contributed by atoms with E-state index in [1.165, 1.54) is 18.3 Å². The summed E-state index contributed by atoms with van der Waals surface area (Å²) in [6.45, 7) is 4.34. The Balaban J connectivity index is 2.28. The van der Waals surface area contributed by atoms with Crippen LogP contribution in [-0.2, 0) is 9.53 Å². The number of fused-ring (bicyclic) bond motifs is 1. The number of anilines is 1. The summed E-state index contributed by atoms with van der Waals surface area (Å²) in [5.41, 5.74) is 0.403. The van der Waals surface area contributed by atoms with Gasteiger partial charge in [0.25, 0.3) is 0 Å². The van der Waals surface area contributed by atoms with E-state index in [1.807, 2.05) is 0 Å². The van der Waals surface area contributed by atoms with Gasteiger partial charge >= 0.3 is 5.97 Å². The van der Waals surface area contributed by atoms with Gasteiger partial charge in [0.2, 0.25) is 11.2 Å². The third-order valence-electron chi connectivity index (χ3n) is 2.69. The summed E-state index contributed by atoms with van der Waals surface area (Å²) < 4.78 is 5.03. The first-order valence-corrected chi connectivity index (χ1v) is 7.88. The van der Waals surface area contributed by atoms with Gasteiger partial charge in [-0.05, 0) is 18.5 Å². The molecule has 0 radical (unpaired) electrons. The number of nitrogens with one attached hydrogen (secondary N) is 2. The Kier molecular flexibility index (Phi) is 5.51. The molecule has 0 aromatic carbocycles. The highest BCUT2D eigenvalue weighted by atomic mass is 35.5. The average Bonchev–Trinajstić information content (AvgIpc) is 2.87. The Morgan fingerprint density at radius 1 is 1.36 bits per heavy atom. The number of aromatic nitrogens is 2. The van der Waals surface area contributed by atoms with Gasteiger partial charge in [0.15, 0.2) is 0 Å². The van der Waals surface area contributed by atoms with Crippen molar-refractivity contribution in [2.24, 2.45) is 0 Å². The molecule has 0 saturated heterocycles. The molecule has 1 amide bonds. The standard InChI is InChI=1S/C13H15ClN4O3S/c1-3-21-12(20)8-6-22-11-9(8)10(17-13(14)18-11)16-5-4-15-7(2)19/h6H,3-5H2,1-2H3,(H,15,19)(H,16,17,18). The fraction of sp³-hybridized carbons (Fsp3) is 0.385. The number of esters is 1. The Labute approximate surface area is 136 Å². The van der Waals surface area contributed by atoms with Crippen LogP contribution in [0.4, 0.5) is 5.82 Å². The Morgan fingerprint density at radius 3 is 2.82 bits per heavy atom. The van der Waals surface area contributed by atoms with E-state index in [4.69, 9.17) is 16.3 Å². The number of ether oxygens (including phenoxy) is 1. The van der Waals surface area contributed by atoms with Gasteiger partial charge < -0.3 is 15.4 Å². The minimum absolute atomic E-state index is 0.0896. The number of carbonyl (C=O) groups is 2. The summed E-state index contributed by atoms with van der Waals surface area (Å²) in [5, 5.41) is 8.06. The van der Waals surface area contributed by atoms with Crippen LogP contribution < -0.4 is 10.6 Å². The third-order valence-corrected chi connectivity index (χ3v) is 3.73. The summed E-state index contributed by atoms with van der Waals surface area (Å²) in [6.07, 6.45) is 0. The molecule has 2 N–H and O–H groups in total. The Hall–Kier alpha value is -1.93. The molecular formula is C13H15ClN4O3S. The van der Waals surface area contributed by atoms with Gasteiger partial charge in [-0.25, -0.2) is 14.8 Å². The van der Waals surface area contributed by atoms with Crippen molar-refractivity contribution in [2.45, 2.75) is 13.8 Å². The quantitative estimate of drug-likeness (QED) is 0.474. The molecule has 0 fully saturated rings. The highest BCUT2D eigenvalue weighted by Gasteiger charge is 2.19. The number of carbonyl (C=O) groups excluding carboxylic acids is 2. The van der Waals surface area contributed by atoms with Gasteiger partial charge in [0, 0.05) is 25.4 Å². The third kappa shape index (κ3) is 3.83. The molecule has 2 aromatic rings. The summed E-state index contributed by atoms with van der Waals surface area (Å²) in [6, 6.07) is 0. The molecule has 0 aliphatic rings. The second-order valence-electron chi connectivity index (χ2n) is 4.30. The van der Waals surface area contributed by atoms with Crippen molar-refractivity contribution in [1.82, 2.24) is 15.3 Å². The zero-order valence-electron chi connectivity index (χ0n) is 12.1. The van der Waals surface area contributed by atoms with Crippen LogP contribution in [0.1, 0.15) is 24.2 Å². The molecule has 0 unspecified atom stereocenters. The van der Waals surface area contributed by atoms with E-state index >= 15 is 0 Å². The van der Waals surface area contributed by atoms with Crippen LogP contribution in [-0.4, -0.2) is 41.5 Å². The molecule has 7 nitrogen and oxygen atoms in total. The SMILES string of the molecule is CCOC(=O)c1csc2nc(Cl)nc(NCCNC(C)=O)c12. The van der Waals surface area contributed by atoms with Crippen molar-refractivity contribution in [3.8, 4) is 0 Å². The molecule has 2 rings (SSSR count). The predicted octanol–water partition coefficient (Wildman–Crippen LogP) is 2.07. The molecule has 2 heterocycles. The summed E-state index contributed by atoms with van der Waals surface area (Å²) in [5.74, 6) is -0.0929. The lowest BCUT2D eigenvalue weighted by molar-refractivity contribution is -0.118. The fourth-order valence-electron chi connectivity index (χ4n) is 1.82. The van der Waals surface area contributed by atoms with Crippen LogP contribution >= 0.6 is 22.9 Å². The molecular weight excluding hydrogens is 328 g/mol. The number of thiophene rings is 1. The second kappa shape index (κ2) is 7.37. The molecule has 22 heavy (non-hydrogen) atoms. The van der Waals surface area contributed by atoms with Gasteiger partial charge in [0.05, 0.1) is 17.6 Å². The van der Waals surface area contributed by atoms with Gasteiger partial charge in [-0.1, -0.05) is 0 Å². The number of amides is 1. The first-order chi connectivity index (χ1) is 10.5. The minimum Gasteiger partial charge on any atom is -0.462 e. The maximum absolute atomic E-state index is 12.0. The van der Waals surface area contributed by atoms with Crippen LogP contribution in [0.2, 0.25) is 5.28 Å². The first kappa shape index (κ1) is 16.4.